The molecule has 0 aromatic rings. The number of hydrogen-bond donors (Lipinski definition) is 1. The van der Waals surface area contributed by atoms with Gasteiger partial charge >= 0.3 is 0 Å². The van der Waals surface area contributed by atoms with Gasteiger partial charge in [-0.05, 0) is 20.3 Å². The van der Waals surface area contributed by atoms with Crippen LogP contribution in [0.3, 0.4) is 0 Å². The van der Waals surface area contributed by atoms with Crippen molar-refractivity contribution < 1.29 is 4.79 Å². The molecule has 2 N–H and O–H groups in total. The Morgan fingerprint density at radius 3 is 2.73 bits per heavy atom. The zero-order chi connectivity index (χ0) is 11.4. The molecular weight excluding hydrogens is 190 g/mol. The van der Waals surface area contributed by atoms with Gasteiger partial charge in [-0.3, -0.25) is 9.69 Å². The van der Waals surface area contributed by atoms with Crippen molar-refractivity contribution >= 4 is 5.91 Å². The van der Waals surface area contributed by atoms with Crippen molar-refractivity contribution in [3.8, 4) is 0 Å². The summed E-state index contributed by atoms with van der Waals surface area (Å²) in [5, 5.41) is 0. The van der Waals surface area contributed by atoms with E-state index in [0.29, 0.717) is 18.6 Å². The minimum absolute atomic E-state index is 0.185. The Morgan fingerprint density at radius 2 is 2.27 bits per heavy atom. The molecular formula is C11H23N3O. The first-order valence-corrected chi connectivity index (χ1v) is 5.77. The van der Waals surface area contributed by atoms with Gasteiger partial charge in [0.2, 0.25) is 5.91 Å². The maximum atomic E-state index is 11.5. The fourth-order valence-corrected chi connectivity index (χ4v) is 2.47. The number of amides is 1. The second-order valence-corrected chi connectivity index (χ2v) is 4.55. The van der Waals surface area contributed by atoms with Crippen molar-refractivity contribution in [2.24, 2.45) is 5.73 Å². The first-order chi connectivity index (χ1) is 7.06. The highest BCUT2D eigenvalue weighted by Crippen LogP contribution is 2.17. The van der Waals surface area contributed by atoms with E-state index >= 15 is 0 Å². The summed E-state index contributed by atoms with van der Waals surface area (Å²) in [4.78, 5) is 15.9. The van der Waals surface area contributed by atoms with E-state index in [1.165, 1.54) is 0 Å². The highest BCUT2D eigenvalue weighted by molar-refractivity contribution is 5.74. The molecule has 1 heterocycles. The molecule has 1 atom stereocenters. The van der Waals surface area contributed by atoms with Gasteiger partial charge in [-0.25, -0.2) is 0 Å². The molecule has 1 amide bonds. The van der Waals surface area contributed by atoms with Crippen molar-refractivity contribution in [3.05, 3.63) is 0 Å². The van der Waals surface area contributed by atoms with E-state index in [-0.39, 0.29) is 5.91 Å². The molecule has 1 unspecified atom stereocenters. The standard InChI is InChI=1S/C11H23N3O/c1-9(2)14(10(3)15)11-4-6-13(8-11)7-5-12/h9,11H,4-8,12H2,1-3H3. The predicted octanol–water partition coefficient (Wildman–Crippen LogP) is 0.276. The third-order valence-corrected chi connectivity index (χ3v) is 3.01. The first kappa shape index (κ1) is 12.5. The normalized spacial score (nSPS) is 22.3. The summed E-state index contributed by atoms with van der Waals surface area (Å²) in [6.07, 6.45) is 1.08. The Balaban J connectivity index is 2.53. The molecule has 1 fully saturated rings. The van der Waals surface area contributed by atoms with Gasteiger partial charge in [0.15, 0.2) is 0 Å². The van der Waals surface area contributed by atoms with E-state index in [2.05, 4.69) is 18.7 Å². The minimum atomic E-state index is 0.185. The third kappa shape index (κ3) is 3.18. The topological polar surface area (TPSA) is 49.6 Å². The van der Waals surface area contributed by atoms with E-state index in [1.807, 2.05) is 4.90 Å². The van der Waals surface area contributed by atoms with Gasteiger partial charge in [0.1, 0.15) is 0 Å². The molecule has 88 valence electrons. The molecule has 1 saturated heterocycles. The first-order valence-electron chi connectivity index (χ1n) is 5.77. The van der Waals surface area contributed by atoms with Gasteiger partial charge in [0, 0.05) is 45.2 Å². The maximum absolute atomic E-state index is 11.5. The number of likely N-dealkylation sites (tertiary alicyclic amines) is 1. The molecule has 0 aliphatic carbocycles. The zero-order valence-corrected chi connectivity index (χ0v) is 10.1. The lowest BCUT2D eigenvalue weighted by Gasteiger charge is -2.31. The Labute approximate surface area is 92.4 Å². The Morgan fingerprint density at radius 1 is 1.60 bits per heavy atom. The van der Waals surface area contributed by atoms with E-state index in [9.17, 15) is 4.79 Å². The summed E-state index contributed by atoms with van der Waals surface area (Å²) in [6.45, 7) is 9.51. The maximum Gasteiger partial charge on any atom is 0.219 e. The van der Waals surface area contributed by atoms with Crippen LogP contribution in [-0.4, -0.2) is 54.0 Å². The van der Waals surface area contributed by atoms with Gasteiger partial charge in [0.05, 0.1) is 0 Å². The van der Waals surface area contributed by atoms with E-state index in [1.54, 1.807) is 6.92 Å². The van der Waals surface area contributed by atoms with Crippen molar-refractivity contribution in [3.63, 3.8) is 0 Å². The van der Waals surface area contributed by atoms with Crippen molar-refractivity contribution in [1.82, 2.24) is 9.80 Å². The van der Waals surface area contributed by atoms with Crippen LogP contribution in [0.2, 0.25) is 0 Å². The fraction of sp³-hybridized carbons (Fsp3) is 0.909. The summed E-state index contributed by atoms with van der Waals surface area (Å²) in [5.41, 5.74) is 5.53. The van der Waals surface area contributed by atoms with Crippen LogP contribution >= 0.6 is 0 Å². The predicted molar refractivity (Wildman–Crippen MR) is 61.6 cm³/mol. The molecule has 0 saturated carbocycles. The van der Waals surface area contributed by atoms with E-state index in [0.717, 1.165) is 26.1 Å². The average molecular weight is 213 g/mol. The number of carbonyl (C=O) groups is 1. The lowest BCUT2D eigenvalue weighted by Crippen LogP contribution is -2.45. The van der Waals surface area contributed by atoms with Crippen molar-refractivity contribution in [1.29, 1.82) is 0 Å². The van der Waals surface area contributed by atoms with Gasteiger partial charge < -0.3 is 10.6 Å². The van der Waals surface area contributed by atoms with Crippen LogP contribution in [-0.2, 0) is 4.79 Å². The van der Waals surface area contributed by atoms with Crippen LogP contribution in [0.4, 0.5) is 0 Å². The highest BCUT2D eigenvalue weighted by atomic mass is 16.2. The lowest BCUT2D eigenvalue weighted by atomic mass is 10.1. The Kier molecular flexibility index (Phi) is 4.54. The highest BCUT2D eigenvalue weighted by Gasteiger charge is 2.30. The number of nitrogens with zero attached hydrogens (tertiary/aromatic N) is 2. The Hall–Kier alpha value is -0.610. The third-order valence-electron chi connectivity index (χ3n) is 3.01. The second-order valence-electron chi connectivity index (χ2n) is 4.55. The average Bonchev–Trinajstić information content (AvgIpc) is 2.52. The molecule has 4 nitrogen and oxygen atoms in total. The van der Waals surface area contributed by atoms with Gasteiger partial charge in [0.25, 0.3) is 0 Å². The molecule has 0 radical (unpaired) electrons. The van der Waals surface area contributed by atoms with Gasteiger partial charge in [-0.2, -0.15) is 0 Å². The molecule has 1 rings (SSSR count). The molecule has 0 aromatic carbocycles. The summed E-state index contributed by atoms with van der Waals surface area (Å²) in [7, 11) is 0. The van der Waals surface area contributed by atoms with E-state index < -0.39 is 0 Å². The monoisotopic (exact) mass is 213 g/mol. The van der Waals surface area contributed by atoms with Crippen LogP contribution in [0.15, 0.2) is 0 Å². The smallest absolute Gasteiger partial charge is 0.219 e. The largest absolute Gasteiger partial charge is 0.336 e. The van der Waals surface area contributed by atoms with Crippen LogP contribution in [0.25, 0.3) is 0 Å². The van der Waals surface area contributed by atoms with Crippen LogP contribution < -0.4 is 5.73 Å². The SMILES string of the molecule is CC(=O)N(C(C)C)C1CCN(CCN)C1. The molecule has 15 heavy (non-hydrogen) atoms. The zero-order valence-electron chi connectivity index (χ0n) is 10.1. The quantitative estimate of drug-likeness (QED) is 0.729. The van der Waals surface area contributed by atoms with Crippen molar-refractivity contribution in [2.75, 3.05) is 26.2 Å². The van der Waals surface area contributed by atoms with Crippen molar-refractivity contribution in [2.45, 2.75) is 39.3 Å². The van der Waals surface area contributed by atoms with E-state index in [4.69, 9.17) is 5.73 Å². The summed E-state index contributed by atoms with van der Waals surface area (Å²) >= 11 is 0. The van der Waals surface area contributed by atoms with Gasteiger partial charge in [-0.15, -0.1) is 0 Å². The van der Waals surface area contributed by atoms with Crippen LogP contribution in [0.5, 0.6) is 0 Å². The Bertz CT molecular complexity index is 218. The number of carbonyl (C=O) groups excluding carboxylic acids is 1. The minimum Gasteiger partial charge on any atom is -0.336 e. The molecule has 1 aliphatic heterocycles. The van der Waals surface area contributed by atoms with Gasteiger partial charge in [-0.1, -0.05) is 0 Å². The number of nitrogens with two attached hydrogens (primary N) is 1. The molecule has 0 bridgehead atoms. The number of hydrogen-bond acceptors (Lipinski definition) is 3. The summed E-state index contributed by atoms with van der Waals surface area (Å²) in [6, 6.07) is 0.680. The molecule has 0 aromatic heterocycles. The molecule has 1 aliphatic rings. The van der Waals surface area contributed by atoms with Crippen LogP contribution in [0, 0.1) is 0 Å². The second kappa shape index (κ2) is 5.47. The lowest BCUT2D eigenvalue weighted by molar-refractivity contribution is -0.132. The number of rotatable bonds is 4. The summed E-state index contributed by atoms with van der Waals surface area (Å²) in [5.74, 6) is 0.185. The fourth-order valence-electron chi connectivity index (χ4n) is 2.47. The molecule has 4 heteroatoms. The summed E-state index contributed by atoms with van der Waals surface area (Å²) < 4.78 is 0. The molecule has 0 spiro atoms. The van der Waals surface area contributed by atoms with Crippen LogP contribution in [0.1, 0.15) is 27.2 Å².